The van der Waals surface area contributed by atoms with Gasteiger partial charge in [0.15, 0.2) is 0 Å². The molecular formula is C9H17NO3. The van der Waals surface area contributed by atoms with Gasteiger partial charge in [0.1, 0.15) is 6.10 Å². The van der Waals surface area contributed by atoms with Crippen LogP contribution in [-0.4, -0.2) is 19.4 Å². The second-order valence-electron chi connectivity index (χ2n) is 2.24. The largest absolute Gasteiger partial charge is 0.508 e. The lowest BCUT2D eigenvalue weighted by Crippen LogP contribution is -2.16. The Labute approximate surface area is 78.8 Å². The molecule has 0 heterocycles. The van der Waals surface area contributed by atoms with Gasteiger partial charge in [0.25, 0.3) is 0 Å². The molecule has 0 saturated carbocycles. The monoisotopic (exact) mass is 187 g/mol. The van der Waals surface area contributed by atoms with E-state index in [9.17, 15) is 4.79 Å². The summed E-state index contributed by atoms with van der Waals surface area (Å²) in [5, 5.41) is 0. The molecule has 0 bridgehead atoms. The second-order valence-corrected chi connectivity index (χ2v) is 2.24. The molecule has 0 spiro atoms. The van der Waals surface area contributed by atoms with E-state index in [4.69, 9.17) is 4.74 Å². The molecule has 0 aromatic heterocycles. The summed E-state index contributed by atoms with van der Waals surface area (Å²) < 4.78 is 9.22. The van der Waals surface area contributed by atoms with Crippen molar-refractivity contribution in [3.63, 3.8) is 0 Å². The SMILES string of the molecule is C=CCC(CC=C)OC(=O)OC.N. The van der Waals surface area contributed by atoms with E-state index >= 15 is 0 Å². The predicted molar refractivity (Wildman–Crippen MR) is 51.9 cm³/mol. The van der Waals surface area contributed by atoms with Crippen LogP contribution < -0.4 is 6.15 Å². The zero-order valence-corrected chi connectivity index (χ0v) is 7.99. The topological polar surface area (TPSA) is 70.5 Å². The van der Waals surface area contributed by atoms with E-state index in [2.05, 4.69) is 17.9 Å². The number of methoxy groups -OCH3 is 1. The molecule has 0 saturated heterocycles. The fourth-order valence-electron chi connectivity index (χ4n) is 0.748. The van der Waals surface area contributed by atoms with Gasteiger partial charge in [0.2, 0.25) is 0 Å². The fourth-order valence-corrected chi connectivity index (χ4v) is 0.748. The first kappa shape index (κ1) is 14.2. The standard InChI is InChI=1S/C9H14O3.H3N/c1-4-6-8(7-5-2)12-9(10)11-3;/h4-5,8H,1-2,6-7H2,3H3;1H3. The maximum absolute atomic E-state index is 10.7. The molecule has 0 aliphatic heterocycles. The molecule has 13 heavy (non-hydrogen) atoms. The Bertz CT molecular complexity index is 158. The molecule has 0 fully saturated rings. The first-order chi connectivity index (χ1) is 5.74. The van der Waals surface area contributed by atoms with Crippen LogP contribution in [0.25, 0.3) is 0 Å². The third-order valence-electron chi connectivity index (χ3n) is 1.29. The zero-order valence-electron chi connectivity index (χ0n) is 7.99. The van der Waals surface area contributed by atoms with Crippen LogP contribution in [0.2, 0.25) is 0 Å². The molecule has 76 valence electrons. The highest BCUT2D eigenvalue weighted by Gasteiger charge is 2.10. The van der Waals surface area contributed by atoms with E-state index in [0.717, 1.165) is 0 Å². The molecule has 0 amide bonds. The molecule has 0 rings (SSSR count). The Morgan fingerprint density at radius 2 is 1.85 bits per heavy atom. The molecule has 0 aromatic carbocycles. The van der Waals surface area contributed by atoms with Gasteiger partial charge in [0, 0.05) is 12.8 Å². The Hall–Kier alpha value is -1.29. The summed E-state index contributed by atoms with van der Waals surface area (Å²) >= 11 is 0. The molecule has 0 unspecified atom stereocenters. The maximum Gasteiger partial charge on any atom is 0.508 e. The highest BCUT2D eigenvalue weighted by molar-refractivity contribution is 5.59. The van der Waals surface area contributed by atoms with Gasteiger partial charge in [-0.05, 0) is 0 Å². The van der Waals surface area contributed by atoms with Gasteiger partial charge in [-0.3, -0.25) is 0 Å². The zero-order chi connectivity index (χ0) is 9.40. The summed E-state index contributed by atoms with van der Waals surface area (Å²) in [4.78, 5) is 10.7. The lowest BCUT2D eigenvalue weighted by Gasteiger charge is -2.12. The van der Waals surface area contributed by atoms with Crippen molar-refractivity contribution in [2.24, 2.45) is 0 Å². The molecule has 0 atom stereocenters. The number of rotatable bonds is 5. The summed E-state index contributed by atoms with van der Waals surface area (Å²) in [5.74, 6) is 0. The minimum absolute atomic E-state index is 0. The van der Waals surface area contributed by atoms with Crippen molar-refractivity contribution < 1.29 is 14.3 Å². The van der Waals surface area contributed by atoms with E-state index < -0.39 is 6.16 Å². The Kier molecular flexibility index (Phi) is 9.65. The van der Waals surface area contributed by atoms with Crippen LogP contribution in [-0.2, 0) is 9.47 Å². The number of carbonyl (C=O) groups is 1. The van der Waals surface area contributed by atoms with Crippen molar-refractivity contribution in [2.75, 3.05) is 7.11 Å². The van der Waals surface area contributed by atoms with Crippen molar-refractivity contribution in [1.82, 2.24) is 6.15 Å². The third-order valence-corrected chi connectivity index (χ3v) is 1.29. The first-order valence-electron chi connectivity index (χ1n) is 3.71. The van der Waals surface area contributed by atoms with Gasteiger partial charge < -0.3 is 15.6 Å². The quantitative estimate of drug-likeness (QED) is 0.530. The Balaban J connectivity index is 0. The van der Waals surface area contributed by atoms with E-state index in [0.29, 0.717) is 12.8 Å². The maximum atomic E-state index is 10.7. The minimum Gasteiger partial charge on any atom is -0.438 e. The fraction of sp³-hybridized carbons (Fsp3) is 0.444. The van der Waals surface area contributed by atoms with E-state index in [-0.39, 0.29) is 12.3 Å². The normalized spacial score (nSPS) is 8.46. The molecular weight excluding hydrogens is 170 g/mol. The van der Waals surface area contributed by atoms with Crippen LogP contribution in [0.1, 0.15) is 12.8 Å². The smallest absolute Gasteiger partial charge is 0.438 e. The van der Waals surface area contributed by atoms with Crippen LogP contribution in [0, 0.1) is 0 Å². The number of ether oxygens (including phenoxy) is 2. The third kappa shape index (κ3) is 7.08. The number of hydrogen-bond acceptors (Lipinski definition) is 4. The molecule has 3 N–H and O–H groups in total. The van der Waals surface area contributed by atoms with Crippen molar-refractivity contribution in [2.45, 2.75) is 18.9 Å². The number of hydrogen-bond donors (Lipinski definition) is 1. The molecule has 0 aliphatic rings. The summed E-state index contributed by atoms with van der Waals surface area (Å²) in [6, 6.07) is 0. The summed E-state index contributed by atoms with van der Waals surface area (Å²) in [5.41, 5.74) is 0. The van der Waals surface area contributed by atoms with E-state index in [1.54, 1.807) is 12.2 Å². The first-order valence-corrected chi connectivity index (χ1v) is 3.71. The van der Waals surface area contributed by atoms with Gasteiger partial charge >= 0.3 is 6.16 Å². The second kappa shape index (κ2) is 8.80. The van der Waals surface area contributed by atoms with Crippen molar-refractivity contribution in [3.8, 4) is 0 Å². The Morgan fingerprint density at radius 1 is 1.38 bits per heavy atom. The van der Waals surface area contributed by atoms with Gasteiger partial charge in [-0.15, -0.1) is 13.2 Å². The van der Waals surface area contributed by atoms with Gasteiger partial charge in [0.05, 0.1) is 7.11 Å². The summed E-state index contributed by atoms with van der Waals surface area (Å²) in [6.45, 7) is 7.10. The van der Waals surface area contributed by atoms with Crippen molar-refractivity contribution >= 4 is 6.16 Å². The Morgan fingerprint density at radius 3 is 2.15 bits per heavy atom. The highest BCUT2D eigenvalue weighted by atomic mass is 16.7. The minimum atomic E-state index is -0.663. The summed E-state index contributed by atoms with van der Waals surface area (Å²) in [6.07, 6.45) is 3.74. The van der Waals surface area contributed by atoms with E-state index in [1.165, 1.54) is 7.11 Å². The molecule has 4 heteroatoms. The van der Waals surface area contributed by atoms with Crippen LogP contribution in [0.5, 0.6) is 0 Å². The molecule has 0 aliphatic carbocycles. The van der Waals surface area contributed by atoms with Crippen LogP contribution in [0.15, 0.2) is 25.3 Å². The molecule has 4 nitrogen and oxygen atoms in total. The van der Waals surface area contributed by atoms with Gasteiger partial charge in [-0.2, -0.15) is 0 Å². The molecule has 0 radical (unpaired) electrons. The van der Waals surface area contributed by atoms with Crippen molar-refractivity contribution in [1.29, 1.82) is 0 Å². The lowest BCUT2D eigenvalue weighted by atomic mass is 10.2. The molecule has 0 aromatic rings. The number of carbonyl (C=O) groups excluding carboxylic acids is 1. The predicted octanol–water partition coefficient (Wildman–Crippen LogP) is 2.45. The van der Waals surface area contributed by atoms with Crippen LogP contribution >= 0.6 is 0 Å². The highest BCUT2D eigenvalue weighted by Crippen LogP contribution is 2.06. The summed E-state index contributed by atoms with van der Waals surface area (Å²) in [7, 11) is 1.28. The average Bonchev–Trinajstić information content (AvgIpc) is 2.05. The van der Waals surface area contributed by atoms with Crippen LogP contribution in [0.3, 0.4) is 0 Å². The van der Waals surface area contributed by atoms with Gasteiger partial charge in [-0.1, -0.05) is 12.2 Å². The average molecular weight is 187 g/mol. The van der Waals surface area contributed by atoms with E-state index in [1.807, 2.05) is 0 Å². The lowest BCUT2D eigenvalue weighted by molar-refractivity contribution is 0.0391. The van der Waals surface area contributed by atoms with Crippen LogP contribution in [0.4, 0.5) is 4.79 Å². The van der Waals surface area contributed by atoms with Crippen molar-refractivity contribution in [3.05, 3.63) is 25.3 Å². The van der Waals surface area contributed by atoms with Gasteiger partial charge in [-0.25, -0.2) is 4.79 Å².